The van der Waals surface area contributed by atoms with E-state index in [1.165, 1.54) is 6.42 Å². The summed E-state index contributed by atoms with van der Waals surface area (Å²) in [5.41, 5.74) is 0.167. The highest BCUT2D eigenvalue weighted by Gasteiger charge is 2.51. The van der Waals surface area contributed by atoms with E-state index in [-0.39, 0.29) is 11.3 Å². The van der Waals surface area contributed by atoms with Crippen LogP contribution >= 0.6 is 0 Å². The van der Waals surface area contributed by atoms with Gasteiger partial charge in [-0.3, -0.25) is 4.79 Å². The summed E-state index contributed by atoms with van der Waals surface area (Å²) in [6, 6.07) is 0. The van der Waals surface area contributed by atoms with E-state index >= 15 is 0 Å². The van der Waals surface area contributed by atoms with Crippen LogP contribution in [0.5, 0.6) is 0 Å². The van der Waals surface area contributed by atoms with Crippen molar-refractivity contribution in [2.45, 2.75) is 19.8 Å². The van der Waals surface area contributed by atoms with Gasteiger partial charge in [0.25, 0.3) is 0 Å². The number of ketones is 1. The summed E-state index contributed by atoms with van der Waals surface area (Å²) >= 11 is 0. The van der Waals surface area contributed by atoms with Crippen molar-refractivity contribution in [2.75, 3.05) is 0 Å². The molecule has 0 amide bonds. The number of carbonyl (C=O) groups is 1. The molecule has 0 spiro atoms. The van der Waals surface area contributed by atoms with E-state index in [1.54, 1.807) is 0 Å². The molecular formula is C12H14O. The third kappa shape index (κ3) is 0.800. The second-order valence-corrected chi connectivity index (χ2v) is 4.88. The van der Waals surface area contributed by atoms with E-state index in [1.807, 2.05) is 0 Å². The van der Waals surface area contributed by atoms with E-state index in [9.17, 15) is 4.79 Å². The lowest BCUT2D eigenvalue weighted by atomic mass is 9.55. The first kappa shape index (κ1) is 7.54. The highest BCUT2D eigenvalue weighted by atomic mass is 16.1. The molecular weight excluding hydrogens is 160 g/mol. The standard InChI is InChI=1S/C12H14O/c1-12-6-5-9(11(13)7-12)8-3-2-4-10(8)12/h2-3,5-6,8-10H,4,7H2,1H3. The Bertz CT molecular complexity index is 326. The number of fused-ring (bicyclic) bond motifs is 1. The third-order valence-electron chi connectivity index (χ3n) is 4.09. The van der Waals surface area contributed by atoms with Gasteiger partial charge in [0.05, 0.1) is 0 Å². The van der Waals surface area contributed by atoms with Crippen LogP contribution in [0.2, 0.25) is 0 Å². The minimum Gasteiger partial charge on any atom is -0.299 e. The summed E-state index contributed by atoms with van der Waals surface area (Å²) in [6.07, 6.45) is 10.9. The number of allylic oxidation sites excluding steroid dienone is 4. The van der Waals surface area contributed by atoms with Crippen molar-refractivity contribution in [1.29, 1.82) is 0 Å². The van der Waals surface area contributed by atoms with Gasteiger partial charge in [0.15, 0.2) is 0 Å². The molecule has 4 aliphatic rings. The molecule has 4 aliphatic carbocycles. The summed E-state index contributed by atoms with van der Waals surface area (Å²) in [5.74, 6) is 1.90. The Morgan fingerprint density at radius 2 is 2.31 bits per heavy atom. The van der Waals surface area contributed by atoms with Crippen molar-refractivity contribution in [1.82, 2.24) is 0 Å². The number of hydrogen-bond acceptors (Lipinski definition) is 1. The average Bonchev–Trinajstić information content (AvgIpc) is 2.53. The van der Waals surface area contributed by atoms with E-state index in [4.69, 9.17) is 0 Å². The summed E-state index contributed by atoms with van der Waals surface area (Å²) in [6.45, 7) is 2.24. The molecule has 0 radical (unpaired) electrons. The molecule has 13 heavy (non-hydrogen) atoms. The van der Waals surface area contributed by atoms with Crippen LogP contribution in [0.3, 0.4) is 0 Å². The summed E-state index contributed by atoms with van der Waals surface area (Å²) < 4.78 is 0. The molecule has 1 fully saturated rings. The monoisotopic (exact) mass is 174 g/mol. The molecule has 0 N–H and O–H groups in total. The third-order valence-corrected chi connectivity index (χ3v) is 4.09. The zero-order valence-electron chi connectivity index (χ0n) is 7.86. The summed E-state index contributed by atoms with van der Waals surface area (Å²) in [5, 5.41) is 0. The van der Waals surface area contributed by atoms with Gasteiger partial charge in [0.2, 0.25) is 0 Å². The minimum absolute atomic E-state index is 0.167. The highest BCUT2D eigenvalue weighted by molar-refractivity contribution is 5.86. The van der Waals surface area contributed by atoms with Gasteiger partial charge in [-0.05, 0) is 23.7 Å². The van der Waals surface area contributed by atoms with Crippen LogP contribution < -0.4 is 0 Å². The first-order valence-electron chi connectivity index (χ1n) is 5.09. The molecule has 1 saturated carbocycles. The Morgan fingerprint density at radius 3 is 3.08 bits per heavy atom. The molecule has 1 heteroatoms. The van der Waals surface area contributed by atoms with Crippen LogP contribution in [0.25, 0.3) is 0 Å². The van der Waals surface area contributed by atoms with Crippen molar-refractivity contribution >= 4 is 5.78 Å². The lowest BCUT2D eigenvalue weighted by molar-refractivity contribution is -0.130. The Morgan fingerprint density at radius 1 is 1.46 bits per heavy atom. The second-order valence-electron chi connectivity index (χ2n) is 4.88. The van der Waals surface area contributed by atoms with Gasteiger partial charge in [-0.1, -0.05) is 31.2 Å². The van der Waals surface area contributed by atoms with Gasteiger partial charge in [-0.25, -0.2) is 0 Å². The predicted octanol–water partition coefficient (Wildman–Crippen LogP) is 2.34. The maximum atomic E-state index is 11.7. The molecule has 0 saturated heterocycles. The Kier molecular flexibility index (Phi) is 1.24. The summed E-state index contributed by atoms with van der Waals surface area (Å²) in [4.78, 5) is 11.7. The molecule has 0 aromatic rings. The minimum atomic E-state index is 0.167. The van der Waals surface area contributed by atoms with Crippen LogP contribution in [0, 0.1) is 23.2 Å². The van der Waals surface area contributed by atoms with Crippen LogP contribution in [0.4, 0.5) is 0 Å². The van der Waals surface area contributed by atoms with Gasteiger partial charge in [-0.2, -0.15) is 0 Å². The molecule has 0 aromatic carbocycles. The molecule has 68 valence electrons. The van der Waals surface area contributed by atoms with Gasteiger partial charge in [0.1, 0.15) is 5.78 Å². The van der Waals surface area contributed by atoms with Crippen molar-refractivity contribution in [3.05, 3.63) is 24.3 Å². The molecule has 2 bridgehead atoms. The molecule has 0 heterocycles. The van der Waals surface area contributed by atoms with Crippen LogP contribution in [-0.4, -0.2) is 5.78 Å². The maximum Gasteiger partial charge on any atom is 0.141 e. The number of hydrogen-bond donors (Lipinski definition) is 0. The fourth-order valence-electron chi connectivity index (χ4n) is 3.33. The zero-order valence-corrected chi connectivity index (χ0v) is 7.86. The van der Waals surface area contributed by atoms with Crippen LogP contribution in [0.1, 0.15) is 19.8 Å². The highest BCUT2D eigenvalue weighted by Crippen LogP contribution is 2.55. The van der Waals surface area contributed by atoms with Crippen molar-refractivity contribution in [3.63, 3.8) is 0 Å². The quantitative estimate of drug-likeness (QED) is 0.515. The smallest absolute Gasteiger partial charge is 0.141 e. The van der Waals surface area contributed by atoms with Crippen molar-refractivity contribution in [3.8, 4) is 0 Å². The SMILES string of the molecule is CC12C=CC(C(=O)C1)C1C=CCC12. The predicted molar refractivity (Wildman–Crippen MR) is 51.1 cm³/mol. The second kappa shape index (κ2) is 2.14. The van der Waals surface area contributed by atoms with Gasteiger partial charge in [0, 0.05) is 12.3 Å². The molecule has 4 atom stereocenters. The van der Waals surface area contributed by atoms with Crippen LogP contribution in [0.15, 0.2) is 24.3 Å². The van der Waals surface area contributed by atoms with Crippen molar-refractivity contribution in [2.24, 2.45) is 23.2 Å². The molecule has 0 aliphatic heterocycles. The topological polar surface area (TPSA) is 17.1 Å². The fourth-order valence-corrected chi connectivity index (χ4v) is 3.33. The van der Waals surface area contributed by atoms with E-state index in [0.29, 0.717) is 17.6 Å². The lowest BCUT2D eigenvalue weighted by Gasteiger charge is -2.47. The van der Waals surface area contributed by atoms with Crippen molar-refractivity contribution < 1.29 is 4.79 Å². The van der Waals surface area contributed by atoms with Gasteiger partial charge < -0.3 is 0 Å². The van der Waals surface area contributed by atoms with E-state index in [0.717, 1.165) is 6.42 Å². The largest absolute Gasteiger partial charge is 0.299 e. The number of rotatable bonds is 0. The molecule has 1 nitrogen and oxygen atoms in total. The van der Waals surface area contributed by atoms with Crippen LogP contribution in [-0.2, 0) is 4.79 Å². The normalized spacial score (nSPS) is 51.5. The maximum absolute atomic E-state index is 11.7. The average molecular weight is 174 g/mol. The lowest BCUT2D eigenvalue weighted by Crippen LogP contribution is -2.46. The molecule has 0 aromatic heterocycles. The van der Waals surface area contributed by atoms with E-state index in [2.05, 4.69) is 31.2 Å². The van der Waals surface area contributed by atoms with Gasteiger partial charge >= 0.3 is 0 Å². The van der Waals surface area contributed by atoms with Gasteiger partial charge in [-0.15, -0.1) is 0 Å². The molecule has 4 unspecified atom stereocenters. The Balaban J connectivity index is 2.12. The molecule has 4 rings (SSSR count). The first-order chi connectivity index (χ1) is 6.21. The number of carbonyl (C=O) groups excluding carboxylic acids is 1. The fraction of sp³-hybridized carbons (Fsp3) is 0.583. The first-order valence-corrected chi connectivity index (χ1v) is 5.09. The Labute approximate surface area is 78.5 Å². The number of Topliss-reactive ketones (excluding diaryl/α,β-unsaturated/α-hetero) is 1. The Hall–Kier alpha value is -0.850. The zero-order chi connectivity index (χ0) is 9.05. The summed E-state index contributed by atoms with van der Waals surface area (Å²) in [7, 11) is 0. The van der Waals surface area contributed by atoms with E-state index < -0.39 is 0 Å².